The first-order valence-electron chi connectivity index (χ1n) is 6.02. The van der Waals surface area contributed by atoms with Crippen LogP contribution in [0.15, 0.2) is 42.6 Å². The van der Waals surface area contributed by atoms with E-state index in [1.807, 2.05) is 25.4 Å². The predicted octanol–water partition coefficient (Wildman–Crippen LogP) is 2.61. The highest BCUT2D eigenvalue weighted by atomic mass is 15.3. The number of hydrogen-bond donors (Lipinski definition) is 1. The molecule has 1 aromatic carbocycles. The van der Waals surface area contributed by atoms with Crippen molar-refractivity contribution in [2.75, 3.05) is 0 Å². The Bertz CT molecular complexity index is 461. The molecule has 0 aliphatic heterocycles. The predicted molar refractivity (Wildman–Crippen MR) is 69.6 cm³/mol. The highest BCUT2D eigenvalue weighted by molar-refractivity contribution is 5.24. The van der Waals surface area contributed by atoms with Crippen molar-refractivity contribution in [3.05, 3.63) is 53.9 Å². The molecule has 3 nitrogen and oxygen atoms in total. The number of hydrogen-bond acceptors (Lipinski definition) is 2. The topological polar surface area (TPSA) is 43.8 Å². The lowest BCUT2D eigenvalue weighted by Gasteiger charge is -2.21. The van der Waals surface area contributed by atoms with Gasteiger partial charge in [-0.2, -0.15) is 5.10 Å². The second kappa shape index (κ2) is 5.15. The van der Waals surface area contributed by atoms with Crippen LogP contribution >= 0.6 is 0 Å². The number of rotatable bonds is 4. The van der Waals surface area contributed by atoms with E-state index in [4.69, 9.17) is 5.73 Å². The Morgan fingerprint density at radius 3 is 2.47 bits per heavy atom. The van der Waals surface area contributed by atoms with Crippen LogP contribution in [0, 0.1) is 0 Å². The van der Waals surface area contributed by atoms with E-state index < -0.39 is 0 Å². The maximum atomic E-state index is 6.32. The lowest BCUT2D eigenvalue weighted by molar-refractivity contribution is 0.521. The summed E-state index contributed by atoms with van der Waals surface area (Å²) in [4.78, 5) is 0. The molecule has 0 bridgehead atoms. The average Bonchev–Trinajstić information content (AvgIpc) is 2.78. The van der Waals surface area contributed by atoms with E-state index in [0.29, 0.717) is 5.92 Å². The Hall–Kier alpha value is -1.61. The molecule has 17 heavy (non-hydrogen) atoms. The standard InChI is InChI=1S/C14H19N3/c1-3-12(11-7-5-4-6-8-11)14(15)13-9-10-17(2)16-13/h4-10,12,14H,3,15H2,1-2H3. The minimum atomic E-state index is -0.0383. The number of nitrogens with two attached hydrogens (primary N) is 1. The third kappa shape index (κ3) is 2.56. The first-order valence-corrected chi connectivity index (χ1v) is 6.02. The third-order valence-electron chi connectivity index (χ3n) is 3.18. The third-order valence-corrected chi connectivity index (χ3v) is 3.18. The summed E-state index contributed by atoms with van der Waals surface area (Å²) in [6.07, 6.45) is 2.95. The van der Waals surface area contributed by atoms with Crippen LogP contribution in [0.5, 0.6) is 0 Å². The molecule has 2 N–H and O–H groups in total. The summed E-state index contributed by atoms with van der Waals surface area (Å²) in [5.74, 6) is 0.325. The fraction of sp³-hybridized carbons (Fsp3) is 0.357. The van der Waals surface area contributed by atoms with E-state index in [1.54, 1.807) is 4.68 Å². The molecule has 0 radical (unpaired) electrons. The lowest BCUT2D eigenvalue weighted by Crippen LogP contribution is -2.20. The minimum Gasteiger partial charge on any atom is -0.322 e. The molecule has 2 atom stereocenters. The first-order chi connectivity index (χ1) is 8.22. The summed E-state index contributed by atoms with van der Waals surface area (Å²) in [5.41, 5.74) is 8.57. The zero-order valence-electron chi connectivity index (χ0n) is 10.4. The Morgan fingerprint density at radius 2 is 1.94 bits per heavy atom. The average molecular weight is 229 g/mol. The van der Waals surface area contributed by atoms with Crippen molar-refractivity contribution < 1.29 is 0 Å². The quantitative estimate of drug-likeness (QED) is 0.875. The molecule has 0 spiro atoms. The molecule has 0 amide bonds. The zero-order chi connectivity index (χ0) is 12.3. The van der Waals surface area contributed by atoms with Crippen molar-refractivity contribution in [3.63, 3.8) is 0 Å². The Morgan fingerprint density at radius 1 is 1.24 bits per heavy atom. The fourth-order valence-electron chi connectivity index (χ4n) is 2.21. The van der Waals surface area contributed by atoms with E-state index in [0.717, 1.165) is 12.1 Å². The molecule has 2 unspecified atom stereocenters. The van der Waals surface area contributed by atoms with Crippen molar-refractivity contribution in [3.8, 4) is 0 Å². The molecule has 0 saturated heterocycles. The van der Waals surface area contributed by atoms with E-state index in [2.05, 4.69) is 36.3 Å². The van der Waals surface area contributed by atoms with Gasteiger partial charge in [-0.15, -0.1) is 0 Å². The summed E-state index contributed by atoms with van der Waals surface area (Å²) in [6, 6.07) is 12.4. The largest absolute Gasteiger partial charge is 0.322 e. The molecule has 0 aliphatic carbocycles. The molecule has 1 aromatic heterocycles. The van der Waals surface area contributed by atoms with Crippen LogP contribution in [0.1, 0.15) is 36.6 Å². The molecule has 0 saturated carbocycles. The van der Waals surface area contributed by atoms with Crippen LogP contribution in [0.25, 0.3) is 0 Å². The van der Waals surface area contributed by atoms with Crippen molar-refractivity contribution in [1.82, 2.24) is 9.78 Å². The monoisotopic (exact) mass is 229 g/mol. The van der Waals surface area contributed by atoms with Gasteiger partial charge < -0.3 is 5.73 Å². The van der Waals surface area contributed by atoms with Gasteiger partial charge in [0.2, 0.25) is 0 Å². The first kappa shape index (κ1) is 11.9. The van der Waals surface area contributed by atoms with Gasteiger partial charge >= 0.3 is 0 Å². The Labute approximate surface area is 102 Å². The maximum absolute atomic E-state index is 6.32. The highest BCUT2D eigenvalue weighted by Gasteiger charge is 2.21. The van der Waals surface area contributed by atoms with Crippen LogP contribution in [-0.4, -0.2) is 9.78 Å². The Kier molecular flexibility index (Phi) is 3.59. The van der Waals surface area contributed by atoms with Crippen LogP contribution in [0.3, 0.4) is 0 Å². The molecular weight excluding hydrogens is 210 g/mol. The summed E-state index contributed by atoms with van der Waals surface area (Å²) < 4.78 is 1.80. The minimum absolute atomic E-state index is 0.0383. The molecule has 2 aromatic rings. The van der Waals surface area contributed by atoms with Crippen molar-refractivity contribution in [1.29, 1.82) is 0 Å². The van der Waals surface area contributed by atoms with Crippen LogP contribution in [-0.2, 0) is 7.05 Å². The van der Waals surface area contributed by atoms with Gasteiger partial charge in [0.05, 0.1) is 11.7 Å². The molecule has 3 heteroatoms. The maximum Gasteiger partial charge on any atom is 0.0797 e. The van der Waals surface area contributed by atoms with Crippen LogP contribution < -0.4 is 5.73 Å². The van der Waals surface area contributed by atoms with Gasteiger partial charge in [-0.3, -0.25) is 4.68 Å². The smallest absolute Gasteiger partial charge is 0.0797 e. The van der Waals surface area contributed by atoms with E-state index in [1.165, 1.54) is 5.56 Å². The fourth-order valence-corrected chi connectivity index (χ4v) is 2.21. The lowest BCUT2D eigenvalue weighted by atomic mass is 9.88. The molecular formula is C14H19N3. The van der Waals surface area contributed by atoms with Gasteiger partial charge in [-0.05, 0) is 18.1 Å². The zero-order valence-corrected chi connectivity index (χ0v) is 10.4. The van der Waals surface area contributed by atoms with Gasteiger partial charge in [-0.25, -0.2) is 0 Å². The van der Waals surface area contributed by atoms with Gasteiger partial charge in [0, 0.05) is 19.2 Å². The van der Waals surface area contributed by atoms with E-state index >= 15 is 0 Å². The molecule has 2 rings (SSSR count). The number of nitrogens with zero attached hydrogens (tertiary/aromatic N) is 2. The summed E-state index contributed by atoms with van der Waals surface area (Å²) in [6.45, 7) is 2.17. The van der Waals surface area contributed by atoms with Crippen LogP contribution in [0.4, 0.5) is 0 Å². The summed E-state index contributed by atoms with van der Waals surface area (Å²) in [5, 5.41) is 4.40. The Balaban J connectivity index is 2.25. The van der Waals surface area contributed by atoms with Crippen LogP contribution in [0.2, 0.25) is 0 Å². The van der Waals surface area contributed by atoms with E-state index in [9.17, 15) is 0 Å². The highest BCUT2D eigenvalue weighted by Crippen LogP contribution is 2.30. The number of aromatic nitrogens is 2. The number of aryl methyl sites for hydroxylation is 1. The number of benzene rings is 1. The van der Waals surface area contributed by atoms with Gasteiger partial charge in [0.15, 0.2) is 0 Å². The van der Waals surface area contributed by atoms with Crippen molar-refractivity contribution in [2.24, 2.45) is 12.8 Å². The molecule has 90 valence electrons. The molecule has 1 heterocycles. The van der Waals surface area contributed by atoms with Gasteiger partial charge in [0.1, 0.15) is 0 Å². The van der Waals surface area contributed by atoms with Gasteiger partial charge in [0.25, 0.3) is 0 Å². The SMILES string of the molecule is CCC(c1ccccc1)C(N)c1ccn(C)n1. The van der Waals surface area contributed by atoms with Gasteiger partial charge in [-0.1, -0.05) is 37.3 Å². The second-order valence-corrected chi connectivity index (χ2v) is 4.37. The summed E-state index contributed by atoms with van der Waals surface area (Å²) >= 11 is 0. The van der Waals surface area contributed by atoms with Crippen molar-refractivity contribution >= 4 is 0 Å². The van der Waals surface area contributed by atoms with Crippen molar-refractivity contribution in [2.45, 2.75) is 25.3 Å². The van der Waals surface area contributed by atoms with E-state index in [-0.39, 0.29) is 6.04 Å². The normalized spacial score (nSPS) is 14.5. The second-order valence-electron chi connectivity index (χ2n) is 4.37. The molecule has 0 fully saturated rings. The molecule has 0 aliphatic rings. The summed E-state index contributed by atoms with van der Waals surface area (Å²) in [7, 11) is 1.92.